The third kappa shape index (κ3) is 1.64. The number of fused-ring (bicyclic) bond motifs is 9. The molecular weight excluding hydrogens is 328 g/mol. The van der Waals surface area contributed by atoms with E-state index in [1.165, 1.54) is 27.8 Å². The molecule has 4 aromatic carbocycles. The third-order valence-corrected chi connectivity index (χ3v) is 11.2. The lowest BCUT2D eigenvalue weighted by Crippen LogP contribution is -2.68. The van der Waals surface area contributed by atoms with E-state index in [0.717, 1.165) is 6.04 Å². The zero-order valence-electron chi connectivity index (χ0n) is 14.4. The first-order chi connectivity index (χ1) is 12.9. The second-order valence-corrected chi connectivity index (χ2v) is 11.2. The fourth-order valence-electron chi connectivity index (χ4n) is 5.21. The van der Waals surface area contributed by atoms with Gasteiger partial charge in [-0.2, -0.15) is 0 Å². The van der Waals surface area contributed by atoms with Gasteiger partial charge in [-0.05, 0) is 49.4 Å². The van der Waals surface area contributed by atoms with Crippen molar-refractivity contribution in [3.05, 3.63) is 103 Å². The first kappa shape index (κ1) is 14.3. The predicted molar refractivity (Wildman–Crippen MR) is 112 cm³/mol. The smallest absolute Gasteiger partial charge is 0.0623 e. The fourth-order valence-corrected chi connectivity index (χ4v) is 10.7. The molecule has 1 heteroatoms. The lowest BCUT2D eigenvalue weighted by atomic mass is 10.00. The highest BCUT2D eigenvalue weighted by atomic mass is 28.3. The van der Waals surface area contributed by atoms with Gasteiger partial charge in [0.2, 0.25) is 0 Å². The van der Waals surface area contributed by atoms with Crippen molar-refractivity contribution in [2.45, 2.75) is 6.04 Å². The summed E-state index contributed by atoms with van der Waals surface area (Å²) in [7, 11) is -2.03. The molecule has 0 nitrogen and oxygen atoms in total. The van der Waals surface area contributed by atoms with Crippen LogP contribution in [-0.2, 0) is 6.04 Å². The maximum atomic E-state index is 2.40. The van der Waals surface area contributed by atoms with Gasteiger partial charge >= 0.3 is 0 Å². The minimum Gasteiger partial charge on any atom is -0.0623 e. The molecule has 0 amide bonds. The van der Waals surface area contributed by atoms with Gasteiger partial charge in [0.15, 0.2) is 8.07 Å². The van der Waals surface area contributed by atoms with E-state index in [9.17, 15) is 0 Å². The van der Waals surface area contributed by atoms with Crippen LogP contribution in [0.1, 0.15) is 5.56 Å². The van der Waals surface area contributed by atoms with E-state index in [1.807, 2.05) is 0 Å². The van der Waals surface area contributed by atoms with Crippen LogP contribution in [0.3, 0.4) is 0 Å². The Morgan fingerprint density at radius 3 is 1.35 bits per heavy atom. The molecule has 0 bridgehead atoms. The van der Waals surface area contributed by atoms with Crippen molar-refractivity contribution >= 4 is 23.6 Å². The summed E-state index contributed by atoms with van der Waals surface area (Å²) in [5.74, 6) is 0. The first-order valence-corrected chi connectivity index (χ1v) is 11.5. The minimum absolute atomic E-state index is 1.16. The second-order valence-electron chi connectivity index (χ2n) is 7.38. The zero-order valence-corrected chi connectivity index (χ0v) is 15.4. The molecule has 2 aliphatic heterocycles. The van der Waals surface area contributed by atoms with E-state index in [-0.39, 0.29) is 0 Å². The molecule has 0 N–H and O–H groups in total. The van der Waals surface area contributed by atoms with Gasteiger partial charge in [0.1, 0.15) is 0 Å². The first-order valence-electron chi connectivity index (χ1n) is 9.27. The molecule has 0 saturated heterocycles. The average Bonchev–Trinajstić information content (AvgIpc) is 3.00. The minimum atomic E-state index is -2.03. The Bertz CT molecular complexity index is 1130. The molecule has 0 fully saturated rings. The highest BCUT2D eigenvalue weighted by Crippen LogP contribution is 2.37. The predicted octanol–water partition coefficient (Wildman–Crippen LogP) is 3.90. The largest absolute Gasteiger partial charge is 0.154 e. The number of hydrogen-bond donors (Lipinski definition) is 0. The van der Waals surface area contributed by atoms with Crippen LogP contribution in [0.15, 0.2) is 97.1 Å². The van der Waals surface area contributed by atoms with Crippen molar-refractivity contribution in [3.63, 3.8) is 0 Å². The van der Waals surface area contributed by atoms with E-state index < -0.39 is 8.07 Å². The summed E-state index contributed by atoms with van der Waals surface area (Å²) in [4.78, 5) is 0. The Kier molecular flexibility index (Phi) is 2.78. The molecule has 2 heterocycles. The van der Waals surface area contributed by atoms with E-state index in [0.29, 0.717) is 0 Å². The number of rotatable bonds is 0. The maximum Gasteiger partial charge on any atom is 0.154 e. The lowest BCUT2D eigenvalue weighted by Gasteiger charge is -2.37. The highest BCUT2D eigenvalue weighted by molar-refractivity contribution is 7.14. The van der Waals surface area contributed by atoms with Gasteiger partial charge in [-0.15, -0.1) is 0 Å². The van der Waals surface area contributed by atoms with E-state index >= 15 is 0 Å². The summed E-state index contributed by atoms with van der Waals surface area (Å²) < 4.78 is 0. The summed E-state index contributed by atoms with van der Waals surface area (Å²) in [6.07, 6.45) is 0. The SMILES string of the molecule is c1ccc2c(c1)C[Si]1(c3ccccc3-2)c2ccccc2-c2ccccc21. The van der Waals surface area contributed by atoms with Crippen LogP contribution >= 0.6 is 0 Å². The number of hydrogen-bond acceptors (Lipinski definition) is 0. The van der Waals surface area contributed by atoms with Crippen LogP contribution in [0.25, 0.3) is 22.3 Å². The van der Waals surface area contributed by atoms with Crippen LogP contribution < -0.4 is 15.6 Å². The van der Waals surface area contributed by atoms with Gasteiger partial charge in [0.05, 0.1) is 0 Å². The number of benzene rings is 4. The van der Waals surface area contributed by atoms with Crippen molar-refractivity contribution in [1.82, 2.24) is 0 Å². The lowest BCUT2D eigenvalue weighted by molar-refractivity contribution is 1.33. The Morgan fingerprint density at radius 2 is 0.808 bits per heavy atom. The van der Waals surface area contributed by atoms with E-state index in [4.69, 9.17) is 0 Å². The molecular formula is C25H18Si. The molecule has 0 aliphatic carbocycles. The molecule has 0 aromatic heterocycles. The molecule has 2 aliphatic rings. The van der Waals surface area contributed by atoms with Gasteiger partial charge in [0, 0.05) is 0 Å². The molecule has 1 spiro atoms. The van der Waals surface area contributed by atoms with Crippen molar-refractivity contribution in [3.8, 4) is 22.3 Å². The Morgan fingerprint density at radius 1 is 0.423 bits per heavy atom. The quantitative estimate of drug-likeness (QED) is 0.424. The van der Waals surface area contributed by atoms with Crippen molar-refractivity contribution < 1.29 is 0 Å². The van der Waals surface area contributed by atoms with Crippen molar-refractivity contribution in [2.24, 2.45) is 0 Å². The van der Waals surface area contributed by atoms with E-state index in [2.05, 4.69) is 97.1 Å². The van der Waals surface area contributed by atoms with Gasteiger partial charge in [-0.25, -0.2) is 0 Å². The molecule has 4 aromatic rings. The molecule has 0 atom stereocenters. The Hall–Kier alpha value is -2.90. The highest BCUT2D eigenvalue weighted by Gasteiger charge is 2.49. The van der Waals surface area contributed by atoms with Gasteiger partial charge in [-0.3, -0.25) is 0 Å². The topological polar surface area (TPSA) is 0 Å². The molecule has 122 valence electrons. The fraction of sp³-hybridized carbons (Fsp3) is 0.0400. The summed E-state index contributed by atoms with van der Waals surface area (Å²) in [6.45, 7) is 0. The van der Waals surface area contributed by atoms with Gasteiger partial charge < -0.3 is 0 Å². The summed E-state index contributed by atoms with van der Waals surface area (Å²) in [5, 5.41) is 4.75. The maximum absolute atomic E-state index is 2.40. The molecule has 0 saturated carbocycles. The summed E-state index contributed by atoms with van der Waals surface area (Å²) >= 11 is 0. The second kappa shape index (κ2) is 5.06. The summed E-state index contributed by atoms with van der Waals surface area (Å²) in [6, 6.07) is 37.6. The molecule has 0 radical (unpaired) electrons. The summed E-state index contributed by atoms with van der Waals surface area (Å²) in [5.41, 5.74) is 7.26. The molecule has 0 unspecified atom stereocenters. The van der Waals surface area contributed by atoms with Crippen LogP contribution in [0.5, 0.6) is 0 Å². The van der Waals surface area contributed by atoms with Crippen LogP contribution in [0.4, 0.5) is 0 Å². The van der Waals surface area contributed by atoms with Gasteiger partial charge in [-0.1, -0.05) is 97.1 Å². The normalized spacial score (nSPS) is 15.1. The Balaban J connectivity index is 1.79. The van der Waals surface area contributed by atoms with Crippen LogP contribution in [0.2, 0.25) is 0 Å². The van der Waals surface area contributed by atoms with Crippen molar-refractivity contribution in [2.75, 3.05) is 0 Å². The van der Waals surface area contributed by atoms with Crippen LogP contribution in [0, 0.1) is 0 Å². The third-order valence-electron chi connectivity index (χ3n) is 6.21. The van der Waals surface area contributed by atoms with Crippen LogP contribution in [-0.4, -0.2) is 8.07 Å². The van der Waals surface area contributed by atoms with Crippen molar-refractivity contribution in [1.29, 1.82) is 0 Å². The molecule has 6 rings (SSSR count). The van der Waals surface area contributed by atoms with E-state index in [1.54, 1.807) is 15.6 Å². The standard InChI is InChI=1S/C25H18Si/c1-2-10-19-18(9-1)17-26(23-14-6-3-11-20(19)23)24-15-7-4-12-21(24)22-13-5-8-16-25(22)26/h1-16H,17H2. The molecule has 26 heavy (non-hydrogen) atoms. The average molecular weight is 347 g/mol. The Labute approximate surface area is 154 Å². The zero-order chi connectivity index (χ0) is 17.1. The van der Waals surface area contributed by atoms with Gasteiger partial charge in [0.25, 0.3) is 0 Å². The monoisotopic (exact) mass is 346 g/mol.